The molecule has 1 atom stereocenters. The topological polar surface area (TPSA) is 51.6 Å². The first-order chi connectivity index (χ1) is 13.2. The first-order valence-electron chi connectivity index (χ1n) is 9.42. The smallest absolute Gasteiger partial charge is 0.126 e. The molecule has 1 aromatic heterocycles. The van der Waals surface area contributed by atoms with Crippen LogP contribution < -0.4 is 5.32 Å². The number of aromatic amines is 1. The third-order valence-corrected chi connectivity index (χ3v) is 5.35. The van der Waals surface area contributed by atoms with Crippen LogP contribution in [0.2, 0.25) is 0 Å². The number of nitrogens with one attached hydrogen (secondary N) is 2. The van der Waals surface area contributed by atoms with E-state index in [1.165, 1.54) is 17.2 Å². The van der Waals surface area contributed by atoms with Gasteiger partial charge in [0.2, 0.25) is 0 Å². The van der Waals surface area contributed by atoms with Crippen molar-refractivity contribution < 1.29 is 4.39 Å². The standard InChI is InChI=1S/C23H22FN3/c24-22-4-2-1-3-18(22)11-12-26-19-8-6-17(7-9-19)21-15-27-23-10-5-16(14-25)13-20(21)23/h1-6,10,13,15,19,26-27H,7-9,11-12H2. The molecule has 2 N–H and O–H groups in total. The lowest BCUT2D eigenvalue weighted by atomic mass is 9.90. The quantitative estimate of drug-likeness (QED) is 0.677. The van der Waals surface area contributed by atoms with Gasteiger partial charge in [0.05, 0.1) is 11.6 Å². The molecule has 0 fully saturated rings. The Balaban J connectivity index is 1.39. The second-order valence-electron chi connectivity index (χ2n) is 7.07. The number of hydrogen-bond acceptors (Lipinski definition) is 2. The van der Waals surface area contributed by atoms with Gasteiger partial charge in [0.1, 0.15) is 5.82 Å². The van der Waals surface area contributed by atoms with Crippen LogP contribution in [0.15, 0.2) is 54.7 Å². The third-order valence-electron chi connectivity index (χ3n) is 5.35. The monoisotopic (exact) mass is 359 g/mol. The highest BCUT2D eigenvalue weighted by Gasteiger charge is 2.17. The van der Waals surface area contributed by atoms with E-state index in [1.54, 1.807) is 6.07 Å². The molecule has 0 amide bonds. The summed E-state index contributed by atoms with van der Waals surface area (Å²) in [6, 6.07) is 15.4. The second kappa shape index (κ2) is 7.77. The van der Waals surface area contributed by atoms with E-state index >= 15 is 0 Å². The van der Waals surface area contributed by atoms with Gasteiger partial charge in [-0.2, -0.15) is 5.26 Å². The van der Waals surface area contributed by atoms with Crippen molar-refractivity contribution in [2.24, 2.45) is 0 Å². The first-order valence-corrected chi connectivity index (χ1v) is 9.42. The fourth-order valence-corrected chi connectivity index (χ4v) is 3.83. The van der Waals surface area contributed by atoms with Crippen molar-refractivity contribution >= 4 is 16.5 Å². The molecule has 0 saturated heterocycles. The number of hydrogen-bond donors (Lipinski definition) is 2. The van der Waals surface area contributed by atoms with E-state index in [2.05, 4.69) is 22.4 Å². The Hall–Kier alpha value is -2.90. The van der Waals surface area contributed by atoms with Crippen molar-refractivity contribution in [2.75, 3.05) is 6.54 Å². The molecule has 0 radical (unpaired) electrons. The Bertz CT molecular complexity index is 1030. The van der Waals surface area contributed by atoms with Gasteiger partial charge in [0, 0.05) is 28.7 Å². The van der Waals surface area contributed by atoms with E-state index in [0.29, 0.717) is 18.0 Å². The fourth-order valence-electron chi connectivity index (χ4n) is 3.83. The van der Waals surface area contributed by atoms with Crippen LogP contribution in [0.1, 0.15) is 36.0 Å². The molecule has 3 nitrogen and oxygen atoms in total. The largest absolute Gasteiger partial charge is 0.361 e. The fraction of sp³-hybridized carbons (Fsp3) is 0.261. The van der Waals surface area contributed by atoms with Crippen molar-refractivity contribution in [1.82, 2.24) is 10.3 Å². The second-order valence-corrected chi connectivity index (χ2v) is 7.07. The zero-order chi connectivity index (χ0) is 18.6. The predicted octanol–water partition coefficient (Wildman–Crippen LogP) is 4.95. The summed E-state index contributed by atoms with van der Waals surface area (Å²) in [6.45, 7) is 0.785. The minimum absolute atomic E-state index is 0.124. The van der Waals surface area contributed by atoms with Gasteiger partial charge in [-0.1, -0.05) is 24.3 Å². The maximum atomic E-state index is 13.7. The average Bonchev–Trinajstić information content (AvgIpc) is 3.13. The number of allylic oxidation sites excluding steroid dienone is 1. The molecular weight excluding hydrogens is 337 g/mol. The summed E-state index contributed by atoms with van der Waals surface area (Å²) in [4.78, 5) is 3.30. The average molecular weight is 359 g/mol. The Labute approximate surface area is 158 Å². The van der Waals surface area contributed by atoms with Crippen molar-refractivity contribution in [3.05, 3.63) is 77.2 Å². The summed E-state index contributed by atoms with van der Waals surface area (Å²) in [5.41, 5.74) is 5.06. The van der Waals surface area contributed by atoms with Crippen LogP contribution >= 0.6 is 0 Å². The molecule has 4 rings (SSSR count). The molecule has 1 aliphatic rings. The Morgan fingerprint density at radius 1 is 1.22 bits per heavy atom. The van der Waals surface area contributed by atoms with Gasteiger partial charge >= 0.3 is 0 Å². The number of H-pyrrole nitrogens is 1. The molecule has 1 heterocycles. The van der Waals surface area contributed by atoms with Gasteiger partial charge in [-0.25, -0.2) is 4.39 Å². The predicted molar refractivity (Wildman–Crippen MR) is 107 cm³/mol. The number of fused-ring (bicyclic) bond motifs is 1. The molecule has 1 unspecified atom stereocenters. The summed E-state index contributed by atoms with van der Waals surface area (Å²) in [5.74, 6) is -0.124. The molecule has 2 aromatic carbocycles. The maximum Gasteiger partial charge on any atom is 0.126 e. The van der Waals surface area contributed by atoms with Crippen LogP contribution in [0.4, 0.5) is 4.39 Å². The highest BCUT2D eigenvalue weighted by molar-refractivity contribution is 5.93. The Morgan fingerprint density at radius 2 is 2.11 bits per heavy atom. The van der Waals surface area contributed by atoms with Gasteiger partial charge in [-0.05, 0) is 67.6 Å². The lowest BCUT2D eigenvalue weighted by Crippen LogP contribution is -2.32. The van der Waals surface area contributed by atoms with Gasteiger partial charge in [0.15, 0.2) is 0 Å². The number of benzene rings is 2. The zero-order valence-electron chi connectivity index (χ0n) is 15.1. The molecule has 136 valence electrons. The molecule has 0 spiro atoms. The summed E-state index contributed by atoms with van der Waals surface area (Å²) in [7, 11) is 0. The van der Waals surface area contributed by atoms with Gasteiger partial charge in [0.25, 0.3) is 0 Å². The number of nitrogens with zero attached hydrogens (tertiary/aromatic N) is 1. The van der Waals surface area contributed by atoms with E-state index in [1.807, 2.05) is 36.5 Å². The van der Waals surface area contributed by atoms with Crippen molar-refractivity contribution in [3.63, 3.8) is 0 Å². The first kappa shape index (κ1) is 17.5. The molecule has 0 bridgehead atoms. The van der Waals surface area contributed by atoms with Gasteiger partial charge in [-0.15, -0.1) is 0 Å². The number of nitriles is 1. The Kier molecular flexibility index (Phi) is 5.04. The number of halogens is 1. The minimum Gasteiger partial charge on any atom is -0.361 e. The van der Waals surface area contributed by atoms with Crippen LogP contribution in [0, 0.1) is 17.1 Å². The normalized spacial score (nSPS) is 16.9. The van der Waals surface area contributed by atoms with Gasteiger partial charge < -0.3 is 10.3 Å². The van der Waals surface area contributed by atoms with Crippen molar-refractivity contribution in [2.45, 2.75) is 31.7 Å². The third kappa shape index (κ3) is 3.79. The SMILES string of the molecule is N#Cc1ccc2[nH]cc(C3=CCC(NCCc4ccccc4F)CC3)c2c1. The van der Waals surface area contributed by atoms with E-state index in [0.717, 1.165) is 42.3 Å². The van der Waals surface area contributed by atoms with Crippen molar-refractivity contribution in [3.8, 4) is 6.07 Å². The zero-order valence-corrected chi connectivity index (χ0v) is 15.1. The molecule has 0 saturated carbocycles. The molecule has 3 aromatic rings. The van der Waals surface area contributed by atoms with Crippen molar-refractivity contribution in [1.29, 1.82) is 5.26 Å². The minimum atomic E-state index is -0.124. The Morgan fingerprint density at radius 3 is 2.89 bits per heavy atom. The summed E-state index contributed by atoms with van der Waals surface area (Å²) in [5, 5.41) is 13.8. The van der Waals surface area contributed by atoms with E-state index < -0.39 is 0 Å². The maximum absolute atomic E-state index is 13.7. The summed E-state index contributed by atoms with van der Waals surface area (Å²) < 4.78 is 13.7. The highest BCUT2D eigenvalue weighted by Crippen LogP contribution is 2.32. The number of aromatic nitrogens is 1. The molecule has 0 aliphatic heterocycles. The lowest BCUT2D eigenvalue weighted by Gasteiger charge is -2.23. The van der Waals surface area contributed by atoms with Crippen LogP contribution in [-0.2, 0) is 6.42 Å². The summed E-state index contributed by atoms with van der Waals surface area (Å²) in [6.07, 6.45) is 8.08. The van der Waals surface area contributed by atoms with Crippen LogP contribution in [-0.4, -0.2) is 17.6 Å². The van der Waals surface area contributed by atoms with E-state index in [4.69, 9.17) is 5.26 Å². The van der Waals surface area contributed by atoms with Gasteiger partial charge in [-0.3, -0.25) is 0 Å². The van der Waals surface area contributed by atoms with Crippen LogP contribution in [0.5, 0.6) is 0 Å². The lowest BCUT2D eigenvalue weighted by molar-refractivity contribution is 0.479. The molecule has 4 heteroatoms. The summed E-state index contributed by atoms with van der Waals surface area (Å²) >= 11 is 0. The van der Waals surface area contributed by atoms with Crippen LogP contribution in [0.3, 0.4) is 0 Å². The number of rotatable bonds is 5. The van der Waals surface area contributed by atoms with Crippen LogP contribution in [0.25, 0.3) is 16.5 Å². The molecular formula is C23H22FN3. The van der Waals surface area contributed by atoms with E-state index in [-0.39, 0.29) is 5.82 Å². The highest BCUT2D eigenvalue weighted by atomic mass is 19.1. The molecule has 27 heavy (non-hydrogen) atoms. The molecule has 1 aliphatic carbocycles. The van der Waals surface area contributed by atoms with E-state index in [9.17, 15) is 4.39 Å².